The van der Waals surface area contributed by atoms with Crippen molar-refractivity contribution in [1.82, 2.24) is 0 Å². The Morgan fingerprint density at radius 3 is 3.07 bits per heavy atom. The molecule has 2 N–H and O–H groups in total. The molecule has 1 rings (SSSR count). The van der Waals surface area contributed by atoms with Crippen LogP contribution in [0.2, 0.25) is 0 Å². The monoisotopic (exact) mass is 203 g/mol. The third kappa shape index (κ3) is 3.61. The first-order valence-corrected chi connectivity index (χ1v) is 4.76. The van der Waals surface area contributed by atoms with Crippen LogP contribution in [0, 0.1) is 0 Å². The molecule has 1 saturated heterocycles. The van der Waals surface area contributed by atoms with Crippen LogP contribution in [0.4, 0.5) is 0 Å². The number of ether oxygens (including phenoxy) is 3. The quantitative estimate of drug-likeness (QED) is 0.620. The lowest BCUT2D eigenvalue weighted by Gasteiger charge is -2.14. The molecule has 5 nitrogen and oxygen atoms in total. The average Bonchev–Trinajstić information content (AvgIpc) is 2.66. The third-order valence-electron chi connectivity index (χ3n) is 2.11. The molecule has 0 aliphatic carbocycles. The highest BCUT2D eigenvalue weighted by atomic mass is 16.6. The van der Waals surface area contributed by atoms with Gasteiger partial charge in [-0.2, -0.15) is 0 Å². The molecule has 1 aliphatic rings. The van der Waals surface area contributed by atoms with Crippen LogP contribution in [0.3, 0.4) is 0 Å². The molecule has 14 heavy (non-hydrogen) atoms. The predicted molar refractivity (Wildman–Crippen MR) is 49.8 cm³/mol. The minimum atomic E-state index is -0.587. The van der Waals surface area contributed by atoms with Gasteiger partial charge < -0.3 is 19.9 Å². The maximum absolute atomic E-state index is 11.3. The molecule has 2 atom stereocenters. The number of hydrogen-bond acceptors (Lipinski definition) is 5. The van der Waals surface area contributed by atoms with Crippen LogP contribution in [0.5, 0.6) is 0 Å². The normalized spacial score (nSPS) is 23.4. The fourth-order valence-electron chi connectivity index (χ4n) is 1.22. The molecule has 0 saturated carbocycles. The third-order valence-corrected chi connectivity index (χ3v) is 2.11. The van der Waals surface area contributed by atoms with Crippen LogP contribution in [0.15, 0.2) is 0 Å². The Kier molecular flexibility index (Phi) is 4.86. The fourth-order valence-corrected chi connectivity index (χ4v) is 1.22. The lowest BCUT2D eigenvalue weighted by molar-refractivity contribution is -0.151. The maximum Gasteiger partial charge on any atom is 0.323 e. The first-order valence-electron chi connectivity index (χ1n) is 4.76. The number of hydrogen-bond donors (Lipinski definition) is 1. The smallest absolute Gasteiger partial charge is 0.323 e. The van der Waals surface area contributed by atoms with E-state index in [1.165, 1.54) is 0 Å². The van der Waals surface area contributed by atoms with E-state index in [2.05, 4.69) is 0 Å². The van der Waals surface area contributed by atoms with Crippen molar-refractivity contribution in [2.75, 3.05) is 26.9 Å². The van der Waals surface area contributed by atoms with Crippen LogP contribution in [-0.4, -0.2) is 45.0 Å². The number of carbonyl (C=O) groups is 1. The van der Waals surface area contributed by atoms with Crippen molar-refractivity contribution in [3.8, 4) is 0 Å². The number of carbonyl (C=O) groups excluding carboxylic acids is 1. The Balaban J connectivity index is 2.18. The molecule has 5 heteroatoms. The van der Waals surface area contributed by atoms with E-state index in [4.69, 9.17) is 19.9 Å². The van der Waals surface area contributed by atoms with Crippen LogP contribution >= 0.6 is 0 Å². The van der Waals surface area contributed by atoms with Gasteiger partial charge in [-0.15, -0.1) is 0 Å². The van der Waals surface area contributed by atoms with Gasteiger partial charge in [-0.05, 0) is 6.42 Å². The molecule has 0 radical (unpaired) electrons. The molecule has 0 spiro atoms. The lowest BCUT2D eigenvalue weighted by atomic mass is 10.2. The lowest BCUT2D eigenvalue weighted by Crippen LogP contribution is -2.36. The summed E-state index contributed by atoms with van der Waals surface area (Å²) in [7, 11) is 1.57. The first kappa shape index (κ1) is 11.4. The molecule has 1 fully saturated rings. The van der Waals surface area contributed by atoms with Gasteiger partial charge in [0.05, 0.1) is 13.2 Å². The zero-order valence-corrected chi connectivity index (χ0v) is 8.40. The fraction of sp³-hybridized carbons (Fsp3) is 0.889. The minimum Gasteiger partial charge on any atom is -0.459 e. The zero-order chi connectivity index (χ0) is 10.4. The average molecular weight is 203 g/mol. The van der Waals surface area contributed by atoms with E-state index in [1.54, 1.807) is 7.11 Å². The summed E-state index contributed by atoms with van der Waals surface area (Å²) >= 11 is 0. The summed E-state index contributed by atoms with van der Waals surface area (Å²) in [5.41, 5.74) is 5.59. The number of nitrogens with two attached hydrogens (primary N) is 1. The Morgan fingerprint density at radius 1 is 1.71 bits per heavy atom. The number of methoxy groups -OCH3 is 1. The number of esters is 1. The van der Waals surface area contributed by atoms with E-state index in [-0.39, 0.29) is 12.1 Å². The van der Waals surface area contributed by atoms with Crippen LogP contribution in [0.25, 0.3) is 0 Å². The highest BCUT2D eigenvalue weighted by Crippen LogP contribution is 2.09. The molecule has 0 aromatic heterocycles. The summed E-state index contributed by atoms with van der Waals surface area (Å²) in [6.07, 6.45) is 1.14. The van der Waals surface area contributed by atoms with Crippen molar-refractivity contribution in [1.29, 1.82) is 0 Å². The van der Waals surface area contributed by atoms with Crippen molar-refractivity contribution in [2.24, 2.45) is 5.73 Å². The molecule has 82 valence electrons. The van der Waals surface area contributed by atoms with Crippen LogP contribution in [0.1, 0.15) is 12.8 Å². The van der Waals surface area contributed by atoms with Gasteiger partial charge in [0.2, 0.25) is 0 Å². The molecule has 0 bridgehead atoms. The van der Waals surface area contributed by atoms with Gasteiger partial charge in [0.1, 0.15) is 12.1 Å². The first-order chi connectivity index (χ1) is 6.74. The van der Waals surface area contributed by atoms with E-state index in [0.29, 0.717) is 26.2 Å². The second-order valence-corrected chi connectivity index (χ2v) is 3.31. The van der Waals surface area contributed by atoms with Crippen molar-refractivity contribution < 1.29 is 19.0 Å². The summed E-state index contributed by atoms with van der Waals surface area (Å²) in [5.74, 6) is -0.363. The molecule has 1 heterocycles. The predicted octanol–water partition coefficient (Wildman–Crippen LogP) is -0.318. The molecule has 0 aromatic carbocycles. The van der Waals surface area contributed by atoms with Gasteiger partial charge in [-0.1, -0.05) is 0 Å². The molecule has 0 aromatic rings. The molecule has 0 amide bonds. The zero-order valence-electron chi connectivity index (χ0n) is 8.40. The minimum absolute atomic E-state index is 0.115. The summed E-state index contributed by atoms with van der Waals surface area (Å²) in [4.78, 5) is 11.3. The highest BCUT2D eigenvalue weighted by Gasteiger charge is 2.23. The Hall–Kier alpha value is -0.650. The van der Waals surface area contributed by atoms with E-state index in [9.17, 15) is 4.79 Å². The van der Waals surface area contributed by atoms with E-state index in [1.807, 2.05) is 0 Å². The van der Waals surface area contributed by atoms with Crippen LogP contribution in [-0.2, 0) is 19.0 Å². The van der Waals surface area contributed by atoms with Gasteiger partial charge in [-0.3, -0.25) is 4.79 Å². The maximum atomic E-state index is 11.3. The highest BCUT2D eigenvalue weighted by molar-refractivity contribution is 5.75. The van der Waals surface area contributed by atoms with E-state index >= 15 is 0 Å². The van der Waals surface area contributed by atoms with Gasteiger partial charge in [0.25, 0.3) is 0 Å². The summed E-state index contributed by atoms with van der Waals surface area (Å²) in [6.45, 7) is 1.62. The van der Waals surface area contributed by atoms with Gasteiger partial charge in [-0.25, -0.2) is 0 Å². The van der Waals surface area contributed by atoms with Gasteiger partial charge in [0.15, 0.2) is 0 Å². The number of rotatable bonds is 5. The van der Waals surface area contributed by atoms with Crippen molar-refractivity contribution in [3.05, 3.63) is 0 Å². The topological polar surface area (TPSA) is 70.8 Å². The Labute approximate surface area is 83.5 Å². The summed E-state index contributed by atoms with van der Waals surface area (Å²) in [6, 6.07) is -0.587. The standard InChI is InChI=1S/C9H17NO4/c1-12-4-3-8(10)9(11)14-7-2-5-13-6-7/h7-8H,2-6,10H2,1H3. The molecular formula is C9H17NO4. The molecular weight excluding hydrogens is 186 g/mol. The van der Waals surface area contributed by atoms with E-state index in [0.717, 1.165) is 6.42 Å². The molecule has 1 aliphatic heterocycles. The van der Waals surface area contributed by atoms with Gasteiger partial charge in [0, 0.05) is 20.1 Å². The SMILES string of the molecule is COCCC(N)C(=O)OC1CCOC1. The van der Waals surface area contributed by atoms with Crippen molar-refractivity contribution in [2.45, 2.75) is 25.0 Å². The van der Waals surface area contributed by atoms with Crippen molar-refractivity contribution >= 4 is 5.97 Å². The Morgan fingerprint density at radius 2 is 2.50 bits per heavy atom. The summed E-state index contributed by atoms with van der Waals surface area (Å²) < 4.78 is 15.0. The van der Waals surface area contributed by atoms with Crippen LogP contribution < -0.4 is 5.73 Å². The largest absolute Gasteiger partial charge is 0.459 e. The second-order valence-electron chi connectivity index (χ2n) is 3.31. The van der Waals surface area contributed by atoms with E-state index < -0.39 is 6.04 Å². The Bertz CT molecular complexity index is 180. The second kappa shape index (κ2) is 5.95. The van der Waals surface area contributed by atoms with Crippen molar-refractivity contribution in [3.63, 3.8) is 0 Å². The molecule has 2 unspecified atom stereocenters. The summed E-state index contributed by atoms with van der Waals surface area (Å²) in [5, 5.41) is 0. The van der Waals surface area contributed by atoms with Gasteiger partial charge >= 0.3 is 5.97 Å².